The molecule has 6 heteroatoms. The number of amides is 1. The zero-order chi connectivity index (χ0) is 21.5. The Morgan fingerprint density at radius 3 is 2.45 bits per heavy atom. The number of nitrogens with one attached hydrogen (secondary N) is 1. The van der Waals surface area contributed by atoms with Gasteiger partial charge < -0.3 is 14.8 Å². The fraction of sp³-hybridized carbons (Fsp3) is 0.560. The van der Waals surface area contributed by atoms with Gasteiger partial charge >= 0.3 is 0 Å². The van der Waals surface area contributed by atoms with E-state index in [0.717, 1.165) is 70.7 Å². The molecular formula is C25H35N3O3. The molecule has 1 atom stereocenters. The summed E-state index contributed by atoms with van der Waals surface area (Å²) in [6, 6.07) is 14.6. The number of benzene rings is 1. The third-order valence-corrected chi connectivity index (χ3v) is 6.63. The third-order valence-electron chi connectivity index (χ3n) is 6.63. The second kappa shape index (κ2) is 10.9. The SMILES string of the molecule is O=C(CCC1CCN(Cc2ccc(CO)o2)CC1)NC1CCN(Cc2ccccc2)C1. The van der Waals surface area contributed by atoms with Crippen molar-refractivity contribution in [3.63, 3.8) is 0 Å². The highest BCUT2D eigenvalue weighted by Gasteiger charge is 2.25. The van der Waals surface area contributed by atoms with E-state index >= 15 is 0 Å². The van der Waals surface area contributed by atoms with Crippen LogP contribution in [0.5, 0.6) is 0 Å². The molecule has 1 amide bonds. The highest BCUT2D eigenvalue weighted by atomic mass is 16.4. The van der Waals surface area contributed by atoms with Gasteiger partial charge in [0.2, 0.25) is 5.91 Å². The predicted octanol–water partition coefficient (Wildman–Crippen LogP) is 3.15. The predicted molar refractivity (Wildman–Crippen MR) is 120 cm³/mol. The third kappa shape index (κ3) is 6.66. The van der Waals surface area contributed by atoms with Crippen LogP contribution in [0.15, 0.2) is 46.9 Å². The summed E-state index contributed by atoms with van der Waals surface area (Å²) in [6.07, 6.45) is 4.93. The number of furan rings is 1. The van der Waals surface area contributed by atoms with Crippen LogP contribution >= 0.6 is 0 Å². The van der Waals surface area contributed by atoms with Crippen molar-refractivity contribution in [1.82, 2.24) is 15.1 Å². The molecule has 0 radical (unpaired) electrons. The maximum absolute atomic E-state index is 12.5. The molecule has 0 saturated carbocycles. The molecule has 1 aromatic carbocycles. The van der Waals surface area contributed by atoms with Crippen molar-refractivity contribution in [1.29, 1.82) is 0 Å². The van der Waals surface area contributed by atoms with E-state index in [1.54, 1.807) is 0 Å². The van der Waals surface area contributed by atoms with Gasteiger partial charge in [-0.3, -0.25) is 14.6 Å². The van der Waals surface area contributed by atoms with Crippen molar-refractivity contribution in [2.75, 3.05) is 26.2 Å². The Kier molecular flexibility index (Phi) is 7.78. The molecule has 2 saturated heterocycles. The van der Waals surface area contributed by atoms with Gasteiger partial charge in [-0.15, -0.1) is 0 Å². The van der Waals surface area contributed by atoms with Crippen LogP contribution in [0.2, 0.25) is 0 Å². The van der Waals surface area contributed by atoms with Gasteiger partial charge in [-0.25, -0.2) is 0 Å². The number of aliphatic hydroxyl groups is 1. The molecule has 168 valence electrons. The molecular weight excluding hydrogens is 390 g/mol. The van der Waals surface area contributed by atoms with Crippen molar-refractivity contribution >= 4 is 5.91 Å². The number of aliphatic hydroxyl groups excluding tert-OH is 1. The number of likely N-dealkylation sites (tertiary alicyclic amines) is 2. The van der Waals surface area contributed by atoms with Crippen LogP contribution in [-0.4, -0.2) is 53.0 Å². The first kappa shape index (κ1) is 22.1. The van der Waals surface area contributed by atoms with Crippen molar-refractivity contribution in [3.05, 3.63) is 59.5 Å². The van der Waals surface area contributed by atoms with Crippen molar-refractivity contribution in [2.45, 2.75) is 57.8 Å². The molecule has 2 aliphatic rings. The standard InChI is InChI=1S/C25H35N3O3/c29-19-24-8-7-23(31-24)18-27-13-10-20(11-14-27)6-9-25(30)26-22-12-15-28(17-22)16-21-4-2-1-3-5-21/h1-5,7-8,20,22,29H,6,9-19H2,(H,26,30). The first-order valence-electron chi connectivity index (χ1n) is 11.6. The highest BCUT2D eigenvalue weighted by molar-refractivity contribution is 5.76. The Morgan fingerprint density at radius 2 is 1.71 bits per heavy atom. The van der Waals surface area contributed by atoms with Gasteiger partial charge in [0.25, 0.3) is 0 Å². The van der Waals surface area contributed by atoms with Crippen LogP contribution < -0.4 is 5.32 Å². The number of rotatable bonds is 9. The maximum Gasteiger partial charge on any atom is 0.220 e. The first-order chi connectivity index (χ1) is 15.2. The molecule has 2 fully saturated rings. The lowest BCUT2D eigenvalue weighted by Crippen LogP contribution is -2.37. The second-order valence-corrected chi connectivity index (χ2v) is 9.06. The average molecular weight is 426 g/mol. The van der Waals surface area contributed by atoms with E-state index in [4.69, 9.17) is 9.52 Å². The average Bonchev–Trinajstić information content (AvgIpc) is 3.43. The van der Waals surface area contributed by atoms with Crippen molar-refractivity contribution < 1.29 is 14.3 Å². The lowest BCUT2D eigenvalue weighted by atomic mass is 9.92. The van der Waals surface area contributed by atoms with Gasteiger partial charge in [-0.2, -0.15) is 0 Å². The zero-order valence-electron chi connectivity index (χ0n) is 18.3. The molecule has 6 nitrogen and oxygen atoms in total. The smallest absolute Gasteiger partial charge is 0.220 e. The molecule has 0 bridgehead atoms. The minimum Gasteiger partial charge on any atom is -0.462 e. The van der Waals surface area contributed by atoms with Gasteiger partial charge in [0, 0.05) is 32.1 Å². The quantitative estimate of drug-likeness (QED) is 0.646. The molecule has 31 heavy (non-hydrogen) atoms. The molecule has 2 aliphatic heterocycles. The van der Waals surface area contributed by atoms with Crippen LogP contribution in [0.3, 0.4) is 0 Å². The summed E-state index contributed by atoms with van der Waals surface area (Å²) in [4.78, 5) is 17.3. The molecule has 3 heterocycles. The summed E-state index contributed by atoms with van der Waals surface area (Å²) in [5, 5.41) is 12.4. The van der Waals surface area contributed by atoms with Gasteiger partial charge in [0.1, 0.15) is 18.1 Å². The summed E-state index contributed by atoms with van der Waals surface area (Å²) in [7, 11) is 0. The van der Waals surface area contributed by atoms with Gasteiger partial charge in [0.05, 0.1) is 6.54 Å². The van der Waals surface area contributed by atoms with Crippen molar-refractivity contribution in [2.24, 2.45) is 5.92 Å². The Balaban J connectivity index is 1.10. The van der Waals surface area contributed by atoms with E-state index in [0.29, 0.717) is 18.1 Å². The zero-order valence-corrected chi connectivity index (χ0v) is 18.3. The number of hydrogen-bond donors (Lipinski definition) is 2. The lowest BCUT2D eigenvalue weighted by molar-refractivity contribution is -0.122. The van der Waals surface area contributed by atoms with E-state index in [-0.39, 0.29) is 18.6 Å². The topological polar surface area (TPSA) is 69.0 Å². The Labute approximate surface area is 185 Å². The number of piperidine rings is 1. The largest absolute Gasteiger partial charge is 0.462 e. The normalized spacial score (nSPS) is 20.9. The van der Waals surface area contributed by atoms with E-state index in [1.165, 1.54) is 5.56 Å². The molecule has 0 aliphatic carbocycles. The summed E-state index contributed by atoms with van der Waals surface area (Å²) in [5.74, 6) is 2.38. The first-order valence-corrected chi connectivity index (χ1v) is 11.6. The van der Waals surface area contributed by atoms with Crippen LogP contribution in [0.25, 0.3) is 0 Å². The number of hydrogen-bond acceptors (Lipinski definition) is 5. The second-order valence-electron chi connectivity index (χ2n) is 9.06. The summed E-state index contributed by atoms with van der Waals surface area (Å²) in [5.41, 5.74) is 1.33. The Morgan fingerprint density at radius 1 is 0.968 bits per heavy atom. The van der Waals surface area contributed by atoms with Gasteiger partial charge in [-0.05, 0) is 62.4 Å². The number of carbonyl (C=O) groups is 1. The number of nitrogens with zero attached hydrogens (tertiary/aromatic N) is 2. The van der Waals surface area contributed by atoms with Gasteiger partial charge in [0.15, 0.2) is 0 Å². The van der Waals surface area contributed by atoms with E-state index < -0.39 is 0 Å². The summed E-state index contributed by atoms with van der Waals surface area (Å²) in [6.45, 7) is 5.80. The fourth-order valence-electron chi connectivity index (χ4n) is 4.82. The minimum atomic E-state index is -0.0456. The Hall–Kier alpha value is -2.15. The lowest BCUT2D eigenvalue weighted by Gasteiger charge is -2.31. The Bertz CT molecular complexity index is 814. The van der Waals surface area contributed by atoms with Gasteiger partial charge in [-0.1, -0.05) is 30.3 Å². The van der Waals surface area contributed by atoms with Crippen LogP contribution in [-0.2, 0) is 24.5 Å². The van der Waals surface area contributed by atoms with Crippen molar-refractivity contribution in [3.8, 4) is 0 Å². The molecule has 2 N–H and O–H groups in total. The van der Waals surface area contributed by atoms with Crippen LogP contribution in [0.4, 0.5) is 0 Å². The molecule has 1 aromatic heterocycles. The molecule has 1 unspecified atom stereocenters. The fourth-order valence-corrected chi connectivity index (χ4v) is 4.82. The van der Waals surface area contributed by atoms with E-state index in [9.17, 15) is 4.79 Å². The summed E-state index contributed by atoms with van der Waals surface area (Å²) < 4.78 is 5.60. The molecule has 4 rings (SSSR count). The minimum absolute atomic E-state index is 0.0456. The van der Waals surface area contributed by atoms with Crippen LogP contribution in [0.1, 0.15) is 49.2 Å². The van der Waals surface area contributed by atoms with E-state index in [2.05, 4.69) is 39.4 Å². The monoisotopic (exact) mass is 425 g/mol. The molecule has 0 spiro atoms. The van der Waals surface area contributed by atoms with Crippen LogP contribution in [0, 0.1) is 5.92 Å². The van der Waals surface area contributed by atoms with E-state index in [1.807, 2.05) is 18.2 Å². The highest BCUT2D eigenvalue weighted by Crippen LogP contribution is 2.24. The summed E-state index contributed by atoms with van der Waals surface area (Å²) >= 11 is 0. The maximum atomic E-state index is 12.5. The molecule has 2 aromatic rings. The number of carbonyl (C=O) groups excluding carboxylic acids is 1.